The number of urea groups is 1. The lowest BCUT2D eigenvalue weighted by Crippen LogP contribution is -2.42. The Morgan fingerprint density at radius 3 is 3.00 bits per heavy atom. The SMILES string of the molecule is O=C(NCCN1CCOCC1)Nc1ccc2[nH]ccc2c1. The first-order valence-electron chi connectivity index (χ1n) is 7.23. The molecule has 1 aliphatic heterocycles. The number of nitrogens with zero attached hydrogens (tertiary/aromatic N) is 1. The lowest BCUT2D eigenvalue weighted by Gasteiger charge is -2.26. The first-order chi connectivity index (χ1) is 10.3. The number of ether oxygens (including phenoxy) is 1. The summed E-state index contributed by atoms with van der Waals surface area (Å²) in [5.74, 6) is 0. The number of hydrogen-bond donors (Lipinski definition) is 3. The van der Waals surface area contributed by atoms with Crippen LogP contribution in [0, 0.1) is 0 Å². The zero-order chi connectivity index (χ0) is 14.5. The first kappa shape index (κ1) is 13.9. The molecule has 0 spiro atoms. The quantitative estimate of drug-likeness (QED) is 0.801. The molecular weight excluding hydrogens is 268 g/mol. The Morgan fingerprint density at radius 1 is 1.29 bits per heavy atom. The van der Waals surface area contributed by atoms with Gasteiger partial charge in [-0.25, -0.2) is 4.79 Å². The maximum atomic E-state index is 11.9. The van der Waals surface area contributed by atoms with Crippen LogP contribution in [0.4, 0.5) is 10.5 Å². The van der Waals surface area contributed by atoms with Crippen molar-refractivity contribution in [1.29, 1.82) is 0 Å². The minimum absolute atomic E-state index is 0.168. The maximum absolute atomic E-state index is 11.9. The van der Waals surface area contributed by atoms with E-state index in [4.69, 9.17) is 4.74 Å². The summed E-state index contributed by atoms with van der Waals surface area (Å²) in [6.07, 6.45) is 1.89. The zero-order valence-corrected chi connectivity index (χ0v) is 11.9. The van der Waals surface area contributed by atoms with Crippen molar-refractivity contribution in [2.75, 3.05) is 44.7 Å². The lowest BCUT2D eigenvalue weighted by atomic mass is 10.2. The van der Waals surface area contributed by atoms with E-state index in [-0.39, 0.29) is 6.03 Å². The molecule has 6 nitrogen and oxygen atoms in total. The highest BCUT2D eigenvalue weighted by molar-refractivity contribution is 5.92. The third kappa shape index (κ3) is 3.74. The topological polar surface area (TPSA) is 69.4 Å². The van der Waals surface area contributed by atoms with Crippen LogP contribution in [-0.2, 0) is 4.74 Å². The summed E-state index contributed by atoms with van der Waals surface area (Å²) in [5, 5.41) is 6.82. The minimum Gasteiger partial charge on any atom is -0.379 e. The highest BCUT2D eigenvalue weighted by atomic mass is 16.5. The molecule has 6 heteroatoms. The number of carbonyl (C=O) groups excluding carboxylic acids is 1. The fourth-order valence-electron chi connectivity index (χ4n) is 2.46. The van der Waals surface area contributed by atoms with Crippen LogP contribution in [-0.4, -0.2) is 55.3 Å². The van der Waals surface area contributed by atoms with Gasteiger partial charge in [0.05, 0.1) is 13.2 Å². The average molecular weight is 288 g/mol. The summed E-state index contributed by atoms with van der Waals surface area (Å²) in [4.78, 5) is 17.3. The monoisotopic (exact) mass is 288 g/mol. The van der Waals surface area contributed by atoms with Crippen LogP contribution in [0.15, 0.2) is 30.5 Å². The van der Waals surface area contributed by atoms with Crippen molar-refractivity contribution >= 4 is 22.6 Å². The highest BCUT2D eigenvalue weighted by Gasteiger charge is 2.10. The minimum atomic E-state index is -0.168. The number of rotatable bonds is 4. The molecular formula is C15H20N4O2. The molecule has 0 unspecified atom stereocenters. The van der Waals surface area contributed by atoms with Crippen molar-refractivity contribution in [3.8, 4) is 0 Å². The van der Waals surface area contributed by atoms with Gasteiger partial charge in [0, 0.05) is 49.0 Å². The van der Waals surface area contributed by atoms with Crippen LogP contribution >= 0.6 is 0 Å². The molecule has 2 aromatic rings. The first-order valence-corrected chi connectivity index (χ1v) is 7.23. The van der Waals surface area contributed by atoms with Crippen molar-refractivity contribution in [3.63, 3.8) is 0 Å². The molecule has 2 heterocycles. The second kappa shape index (κ2) is 6.60. The van der Waals surface area contributed by atoms with Crippen LogP contribution in [0.5, 0.6) is 0 Å². The number of carbonyl (C=O) groups is 1. The van der Waals surface area contributed by atoms with E-state index in [1.165, 1.54) is 0 Å². The Morgan fingerprint density at radius 2 is 2.14 bits per heavy atom. The second-order valence-corrected chi connectivity index (χ2v) is 5.11. The Kier molecular flexibility index (Phi) is 4.37. The van der Waals surface area contributed by atoms with Gasteiger partial charge in [-0.15, -0.1) is 0 Å². The molecule has 1 aliphatic rings. The number of H-pyrrole nitrogens is 1. The van der Waals surface area contributed by atoms with Crippen molar-refractivity contribution in [2.24, 2.45) is 0 Å². The van der Waals surface area contributed by atoms with Gasteiger partial charge in [-0.2, -0.15) is 0 Å². The molecule has 3 N–H and O–H groups in total. The predicted molar refractivity (Wildman–Crippen MR) is 82.6 cm³/mol. The van der Waals surface area contributed by atoms with Gasteiger partial charge in [0.15, 0.2) is 0 Å². The molecule has 0 aliphatic carbocycles. The van der Waals surface area contributed by atoms with Crippen LogP contribution in [0.2, 0.25) is 0 Å². The van der Waals surface area contributed by atoms with Gasteiger partial charge in [0.1, 0.15) is 0 Å². The molecule has 0 radical (unpaired) electrons. The summed E-state index contributed by atoms with van der Waals surface area (Å²) in [6, 6.07) is 7.61. The van der Waals surface area contributed by atoms with Gasteiger partial charge in [-0.3, -0.25) is 4.90 Å². The number of morpholine rings is 1. The van der Waals surface area contributed by atoms with Gasteiger partial charge in [0.25, 0.3) is 0 Å². The fourth-order valence-corrected chi connectivity index (χ4v) is 2.46. The van der Waals surface area contributed by atoms with E-state index >= 15 is 0 Å². The Bertz CT molecular complexity index is 604. The maximum Gasteiger partial charge on any atom is 0.319 e. The third-order valence-corrected chi connectivity index (χ3v) is 3.63. The van der Waals surface area contributed by atoms with E-state index in [2.05, 4.69) is 20.5 Å². The largest absolute Gasteiger partial charge is 0.379 e. The number of amides is 2. The summed E-state index contributed by atoms with van der Waals surface area (Å²) >= 11 is 0. The van der Waals surface area contributed by atoms with E-state index < -0.39 is 0 Å². The smallest absolute Gasteiger partial charge is 0.319 e. The molecule has 1 aromatic heterocycles. The average Bonchev–Trinajstić information content (AvgIpc) is 2.96. The lowest BCUT2D eigenvalue weighted by molar-refractivity contribution is 0.0388. The van der Waals surface area contributed by atoms with Crippen molar-refractivity contribution in [1.82, 2.24) is 15.2 Å². The molecule has 0 atom stereocenters. The van der Waals surface area contributed by atoms with Gasteiger partial charge in [-0.05, 0) is 24.3 Å². The number of aromatic nitrogens is 1. The van der Waals surface area contributed by atoms with Crippen LogP contribution < -0.4 is 10.6 Å². The number of hydrogen-bond acceptors (Lipinski definition) is 3. The second-order valence-electron chi connectivity index (χ2n) is 5.11. The van der Waals surface area contributed by atoms with Crippen LogP contribution in [0.3, 0.4) is 0 Å². The van der Waals surface area contributed by atoms with E-state index in [1.807, 2.05) is 30.5 Å². The molecule has 112 valence electrons. The number of nitrogens with one attached hydrogen (secondary N) is 3. The van der Waals surface area contributed by atoms with Crippen molar-refractivity contribution < 1.29 is 9.53 Å². The number of benzene rings is 1. The third-order valence-electron chi connectivity index (χ3n) is 3.63. The Hall–Kier alpha value is -2.05. The van der Waals surface area contributed by atoms with E-state index in [9.17, 15) is 4.79 Å². The van der Waals surface area contributed by atoms with Gasteiger partial charge in [0.2, 0.25) is 0 Å². The predicted octanol–water partition coefficient (Wildman–Crippen LogP) is 1.62. The molecule has 21 heavy (non-hydrogen) atoms. The van der Waals surface area contributed by atoms with E-state index in [1.54, 1.807) is 0 Å². The Labute approximate surface area is 123 Å². The molecule has 1 aromatic carbocycles. The van der Waals surface area contributed by atoms with Crippen molar-refractivity contribution in [2.45, 2.75) is 0 Å². The van der Waals surface area contributed by atoms with Gasteiger partial charge in [-0.1, -0.05) is 0 Å². The van der Waals surface area contributed by atoms with E-state index in [0.717, 1.165) is 49.4 Å². The molecule has 0 bridgehead atoms. The number of fused-ring (bicyclic) bond motifs is 1. The summed E-state index contributed by atoms with van der Waals surface area (Å²) < 4.78 is 5.29. The summed E-state index contributed by atoms with van der Waals surface area (Å²) in [7, 11) is 0. The molecule has 3 rings (SSSR count). The molecule has 0 saturated carbocycles. The zero-order valence-electron chi connectivity index (χ0n) is 11.9. The van der Waals surface area contributed by atoms with Crippen molar-refractivity contribution in [3.05, 3.63) is 30.5 Å². The Balaban J connectivity index is 1.44. The summed E-state index contributed by atoms with van der Waals surface area (Å²) in [5.41, 5.74) is 1.86. The van der Waals surface area contributed by atoms with Gasteiger partial charge < -0.3 is 20.4 Å². The molecule has 2 amide bonds. The highest BCUT2D eigenvalue weighted by Crippen LogP contribution is 2.17. The fraction of sp³-hybridized carbons (Fsp3) is 0.400. The summed E-state index contributed by atoms with van der Waals surface area (Å²) in [6.45, 7) is 4.93. The van der Waals surface area contributed by atoms with Crippen LogP contribution in [0.1, 0.15) is 0 Å². The standard InChI is InChI=1S/C15H20N4O2/c20-15(17-5-6-19-7-9-21-10-8-19)18-13-1-2-14-12(11-13)3-4-16-14/h1-4,11,16H,5-10H2,(H2,17,18,20). The van der Waals surface area contributed by atoms with Gasteiger partial charge >= 0.3 is 6.03 Å². The van der Waals surface area contributed by atoms with E-state index in [0.29, 0.717) is 6.54 Å². The number of anilines is 1. The normalized spacial score (nSPS) is 16.0. The molecule has 1 saturated heterocycles. The van der Waals surface area contributed by atoms with Crippen LogP contribution in [0.25, 0.3) is 10.9 Å². The molecule has 1 fully saturated rings. The number of aromatic amines is 1.